The Morgan fingerprint density at radius 2 is 1.91 bits per heavy atom. The molecule has 0 spiro atoms. The minimum Gasteiger partial charge on any atom is -0.493 e. The molecule has 2 rings (SSSR count). The fourth-order valence-electron chi connectivity index (χ4n) is 2.19. The van der Waals surface area contributed by atoms with Crippen LogP contribution >= 0.6 is 0 Å². The number of sulfone groups is 1. The SMILES string of the molecule is CCS(=O)(=O)C[C@@H](C)N(C)C(=O)c1ccc(OCC2CC2)cc1. The van der Waals surface area contributed by atoms with Gasteiger partial charge in [-0.1, -0.05) is 6.92 Å². The van der Waals surface area contributed by atoms with Crippen LogP contribution in [-0.4, -0.2) is 50.4 Å². The molecule has 0 bridgehead atoms. The predicted octanol–water partition coefficient (Wildman–Crippen LogP) is 2.37. The van der Waals surface area contributed by atoms with E-state index in [0.717, 1.165) is 12.4 Å². The van der Waals surface area contributed by atoms with Crippen LogP contribution in [0.2, 0.25) is 0 Å². The molecule has 1 fully saturated rings. The molecule has 1 saturated carbocycles. The molecule has 1 aromatic rings. The summed E-state index contributed by atoms with van der Waals surface area (Å²) in [6.07, 6.45) is 2.47. The van der Waals surface area contributed by atoms with E-state index in [-0.39, 0.29) is 23.5 Å². The highest BCUT2D eigenvalue weighted by molar-refractivity contribution is 7.91. The third-order valence-electron chi connectivity index (χ3n) is 4.20. The molecule has 23 heavy (non-hydrogen) atoms. The number of amides is 1. The van der Waals surface area contributed by atoms with Crippen molar-refractivity contribution in [2.24, 2.45) is 5.92 Å². The first kappa shape index (κ1) is 17.8. The van der Waals surface area contributed by atoms with Crippen LogP contribution in [0.5, 0.6) is 5.75 Å². The van der Waals surface area contributed by atoms with E-state index >= 15 is 0 Å². The summed E-state index contributed by atoms with van der Waals surface area (Å²) in [4.78, 5) is 13.9. The second-order valence-corrected chi connectivity index (χ2v) is 8.64. The van der Waals surface area contributed by atoms with Crippen molar-refractivity contribution in [3.63, 3.8) is 0 Å². The summed E-state index contributed by atoms with van der Waals surface area (Å²) in [5.74, 6) is 1.33. The Kier molecular flexibility index (Phi) is 5.68. The summed E-state index contributed by atoms with van der Waals surface area (Å²) >= 11 is 0. The van der Waals surface area contributed by atoms with Crippen molar-refractivity contribution in [2.45, 2.75) is 32.7 Å². The van der Waals surface area contributed by atoms with Crippen LogP contribution in [0.15, 0.2) is 24.3 Å². The Hall–Kier alpha value is -1.56. The fraction of sp³-hybridized carbons (Fsp3) is 0.588. The summed E-state index contributed by atoms with van der Waals surface area (Å²) in [6, 6.07) is 6.66. The summed E-state index contributed by atoms with van der Waals surface area (Å²) in [7, 11) is -1.48. The van der Waals surface area contributed by atoms with Crippen LogP contribution < -0.4 is 4.74 Å². The first-order chi connectivity index (χ1) is 10.8. The average molecular weight is 339 g/mol. The van der Waals surface area contributed by atoms with Gasteiger partial charge in [-0.25, -0.2) is 8.42 Å². The first-order valence-corrected chi connectivity index (χ1v) is 9.85. The van der Waals surface area contributed by atoms with Gasteiger partial charge in [-0.15, -0.1) is 0 Å². The van der Waals surface area contributed by atoms with Gasteiger partial charge in [0.2, 0.25) is 0 Å². The van der Waals surface area contributed by atoms with Gasteiger partial charge in [-0.05, 0) is 49.9 Å². The maximum Gasteiger partial charge on any atom is 0.253 e. The zero-order chi connectivity index (χ0) is 17.0. The Morgan fingerprint density at radius 1 is 1.30 bits per heavy atom. The number of carbonyl (C=O) groups excluding carboxylic acids is 1. The van der Waals surface area contributed by atoms with Crippen molar-refractivity contribution in [1.29, 1.82) is 0 Å². The molecule has 0 aromatic heterocycles. The van der Waals surface area contributed by atoms with Gasteiger partial charge in [0.15, 0.2) is 9.84 Å². The van der Waals surface area contributed by atoms with Gasteiger partial charge in [-0.2, -0.15) is 0 Å². The molecule has 1 atom stereocenters. The van der Waals surface area contributed by atoms with E-state index in [9.17, 15) is 13.2 Å². The smallest absolute Gasteiger partial charge is 0.253 e. The van der Waals surface area contributed by atoms with Crippen molar-refractivity contribution in [3.8, 4) is 5.75 Å². The van der Waals surface area contributed by atoms with Crippen molar-refractivity contribution < 1.29 is 17.9 Å². The van der Waals surface area contributed by atoms with Crippen molar-refractivity contribution in [2.75, 3.05) is 25.2 Å². The van der Waals surface area contributed by atoms with Crippen LogP contribution in [0.4, 0.5) is 0 Å². The summed E-state index contributed by atoms with van der Waals surface area (Å²) < 4.78 is 29.0. The lowest BCUT2D eigenvalue weighted by molar-refractivity contribution is 0.0756. The molecule has 0 heterocycles. The highest BCUT2D eigenvalue weighted by Gasteiger charge is 2.23. The molecular weight excluding hydrogens is 314 g/mol. The van der Waals surface area contributed by atoms with E-state index in [2.05, 4.69) is 0 Å². The van der Waals surface area contributed by atoms with Crippen molar-refractivity contribution >= 4 is 15.7 Å². The van der Waals surface area contributed by atoms with E-state index < -0.39 is 9.84 Å². The monoisotopic (exact) mass is 339 g/mol. The number of ether oxygens (including phenoxy) is 1. The molecule has 0 aliphatic heterocycles. The molecule has 0 N–H and O–H groups in total. The van der Waals surface area contributed by atoms with Gasteiger partial charge in [0.25, 0.3) is 5.91 Å². The number of carbonyl (C=O) groups is 1. The van der Waals surface area contributed by atoms with E-state index in [0.29, 0.717) is 11.5 Å². The van der Waals surface area contributed by atoms with Crippen LogP contribution in [0.3, 0.4) is 0 Å². The van der Waals surface area contributed by atoms with Gasteiger partial charge < -0.3 is 9.64 Å². The largest absolute Gasteiger partial charge is 0.493 e. The second-order valence-electron chi connectivity index (χ2n) is 6.24. The topological polar surface area (TPSA) is 63.7 Å². The molecule has 1 amide bonds. The maximum absolute atomic E-state index is 12.4. The van der Waals surface area contributed by atoms with Crippen LogP contribution in [0, 0.1) is 5.92 Å². The van der Waals surface area contributed by atoms with Crippen LogP contribution in [-0.2, 0) is 9.84 Å². The number of hydrogen-bond donors (Lipinski definition) is 0. The van der Waals surface area contributed by atoms with E-state index in [1.807, 2.05) is 0 Å². The average Bonchev–Trinajstić information content (AvgIpc) is 3.36. The number of benzene rings is 1. The minimum absolute atomic E-state index is 0.0195. The molecular formula is C17H25NO4S. The van der Waals surface area contributed by atoms with E-state index in [1.54, 1.807) is 45.2 Å². The Labute approximate surface area is 138 Å². The number of rotatable bonds is 8. The third kappa shape index (κ3) is 5.23. The highest BCUT2D eigenvalue weighted by Crippen LogP contribution is 2.29. The first-order valence-electron chi connectivity index (χ1n) is 8.03. The summed E-state index contributed by atoms with van der Waals surface area (Å²) in [6.45, 7) is 4.10. The lowest BCUT2D eigenvalue weighted by Gasteiger charge is -2.24. The normalized spacial score (nSPS) is 16.0. The highest BCUT2D eigenvalue weighted by atomic mass is 32.2. The zero-order valence-electron chi connectivity index (χ0n) is 14.0. The van der Waals surface area contributed by atoms with E-state index in [4.69, 9.17) is 4.74 Å². The molecule has 1 aliphatic carbocycles. The molecule has 0 saturated heterocycles. The molecule has 0 radical (unpaired) electrons. The Balaban J connectivity index is 1.95. The van der Waals surface area contributed by atoms with Crippen LogP contribution in [0.25, 0.3) is 0 Å². The standard InChI is InChI=1S/C17H25NO4S/c1-4-23(20,21)12-13(2)18(3)17(19)15-7-9-16(10-8-15)22-11-14-5-6-14/h7-10,13-14H,4-6,11-12H2,1-3H3/t13-/m1/s1. The maximum atomic E-state index is 12.4. The minimum atomic E-state index is -3.11. The van der Waals surface area contributed by atoms with Gasteiger partial charge in [-0.3, -0.25) is 4.79 Å². The molecule has 128 valence electrons. The molecule has 6 heteroatoms. The van der Waals surface area contributed by atoms with Gasteiger partial charge in [0.05, 0.1) is 12.4 Å². The Morgan fingerprint density at radius 3 is 2.43 bits per heavy atom. The predicted molar refractivity (Wildman–Crippen MR) is 90.5 cm³/mol. The van der Waals surface area contributed by atoms with Crippen LogP contribution in [0.1, 0.15) is 37.0 Å². The number of hydrogen-bond acceptors (Lipinski definition) is 4. The summed E-state index contributed by atoms with van der Waals surface area (Å²) in [5, 5.41) is 0. The third-order valence-corrected chi connectivity index (χ3v) is 6.07. The van der Waals surface area contributed by atoms with Gasteiger partial charge in [0, 0.05) is 24.4 Å². The van der Waals surface area contributed by atoms with Gasteiger partial charge in [0.1, 0.15) is 5.75 Å². The lowest BCUT2D eigenvalue weighted by Crippen LogP contribution is -2.39. The second kappa shape index (κ2) is 7.34. The fourth-order valence-corrected chi connectivity index (χ4v) is 3.39. The van der Waals surface area contributed by atoms with Gasteiger partial charge >= 0.3 is 0 Å². The molecule has 5 nitrogen and oxygen atoms in total. The van der Waals surface area contributed by atoms with E-state index in [1.165, 1.54) is 17.7 Å². The molecule has 0 unspecified atom stereocenters. The quantitative estimate of drug-likeness (QED) is 0.729. The van der Waals surface area contributed by atoms with Crippen molar-refractivity contribution in [3.05, 3.63) is 29.8 Å². The zero-order valence-corrected chi connectivity index (χ0v) is 14.8. The molecule has 1 aliphatic rings. The summed E-state index contributed by atoms with van der Waals surface area (Å²) in [5.41, 5.74) is 0.534. The number of nitrogens with zero attached hydrogens (tertiary/aromatic N) is 1. The molecule has 1 aromatic carbocycles. The Bertz CT molecular complexity index is 635. The lowest BCUT2D eigenvalue weighted by atomic mass is 10.2. The van der Waals surface area contributed by atoms with Crippen molar-refractivity contribution in [1.82, 2.24) is 4.90 Å².